The van der Waals surface area contributed by atoms with Crippen molar-refractivity contribution < 1.29 is 113 Å². The zero-order chi connectivity index (χ0) is 65.4. The predicted molar refractivity (Wildman–Crippen MR) is 350 cm³/mol. The molecule has 0 heterocycles. The molecule has 0 aromatic heterocycles. The van der Waals surface area contributed by atoms with Gasteiger partial charge in [-0.15, -0.1) is 0 Å². The van der Waals surface area contributed by atoms with Crippen molar-refractivity contribution in [3.8, 4) is 11.5 Å². The molecule has 22 nitrogen and oxygen atoms in total. The molecule has 0 saturated heterocycles. The van der Waals surface area contributed by atoms with Crippen LogP contribution in [0.3, 0.4) is 0 Å². The Morgan fingerprint density at radius 3 is 0.780 bits per heavy atom. The van der Waals surface area contributed by atoms with Gasteiger partial charge in [-0.25, -0.2) is 16.8 Å². The van der Waals surface area contributed by atoms with E-state index in [0.29, 0.717) is 159 Å². The molecule has 0 spiro atoms. The Kier molecular flexibility index (Phi) is 65.1. The summed E-state index contributed by atoms with van der Waals surface area (Å²) in [5.41, 5.74) is 14.0. The molecule has 1 saturated carbocycles. The quantitative estimate of drug-likeness (QED) is 0.0461. The van der Waals surface area contributed by atoms with E-state index < -0.39 is 31.7 Å². The van der Waals surface area contributed by atoms with Crippen molar-refractivity contribution in [3.05, 3.63) is 59.7 Å². The smallest absolute Gasteiger partial charge is 0.748 e. The Morgan fingerprint density at radius 1 is 0.330 bits per heavy atom. The summed E-state index contributed by atoms with van der Waals surface area (Å²) >= 11 is 0. The van der Waals surface area contributed by atoms with Gasteiger partial charge in [-0.1, -0.05) is 128 Å². The van der Waals surface area contributed by atoms with E-state index in [1.807, 2.05) is 24.3 Å². The molecule has 0 amide bonds. The number of rotatable bonds is 62. The number of hydrogen-bond acceptors (Lipinski definition) is 22. The summed E-state index contributed by atoms with van der Waals surface area (Å²) in [7, 11) is -8.33. The van der Waals surface area contributed by atoms with Crippen LogP contribution < -0.4 is 20.9 Å². The van der Waals surface area contributed by atoms with Gasteiger partial charge in [0.05, 0.1) is 166 Å². The molecule has 91 heavy (non-hydrogen) atoms. The molecule has 1 aliphatic carbocycles. The second kappa shape index (κ2) is 66.6. The van der Waals surface area contributed by atoms with E-state index in [9.17, 15) is 25.9 Å². The van der Waals surface area contributed by atoms with E-state index in [1.165, 1.54) is 114 Å². The van der Waals surface area contributed by atoms with Crippen LogP contribution >= 0.6 is 0 Å². The third kappa shape index (κ3) is 66.4. The number of hydrogen-bond donors (Lipinski definition) is 2. The number of unbranched alkanes of at least 4 members (excludes halogenated alkanes) is 12. The second-order valence-corrected chi connectivity index (χ2v) is 25.0. The summed E-state index contributed by atoms with van der Waals surface area (Å²) in [6.45, 7) is 16.1. The minimum absolute atomic E-state index is 0. The standard InChI is InChI=1S/2C30H54O10S.C6H14N2.Pt/c2*1-2-3-4-5-6-7-8-10-29-11-13-30(14-12-29)40-27-26-39-25-24-38-23-22-37-21-20-36-19-18-35-17-16-34-15-9-28-41(31,32)33;7-5-3-1-2-4-6(5)8;/h2*11-14H,2-10,15-28H2,1H3,(H,31,32,33);5-6H,1-4,7-8H2;/q;;;+4/p-2. The first kappa shape index (κ1) is 89.0. The molecular formula is C66H120N2O20PtS2+2. The Bertz CT molecular complexity index is 1900. The van der Waals surface area contributed by atoms with Crippen LogP contribution in [0.1, 0.15) is 153 Å². The molecule has 0 bridgehead atoms. The minimum Gasteiger partial charge on any atom is -0.748 e. The van der Waals surface area contributed by atoms with E-state index in [1.54, 1.807) is 0 Å². The third-order valence-electron chi connectivity index (χ3n) is 13.9. The molecule has 4 N–H and O–H groups in total. The fourth-order valence-electron chi connectivity index (χ4n) is 8.78. The SMILES string of the molecule is CCCCCCCCCc1ccc(OCCOCCOCCOCCOCCOCCOCCCS(=O)(=O)[O-])cc1.CCCCCCCCCc1ccc(OCCOCCOCCOCCOCCOCCOCCCS(=O)(=O)[O-])cc1.NC1CCCCC1N.[Pt+4]. The number of ether oxygens (including phenoxy) is 14. The minimum atomic E-state index is -4.17. The maximum Gasteiger partial charge on any atom is 4.00 e. The van der Waals surface area contributed by atoms with Crippen LogP contribution in [-0.2, 0) is 111 Å². The summed E-state index contributed by atoms with van der Waals surface area (Å²) in [5, 5.41) is 0. The van der Waals surface area contributed by atoms with Crippen LogP contribution in [0.4, 0.5) is 0 Å². The number of nitrogens with two attached hydrogens (primary N) is 2. The van der Waals surface area contributed by atoms with Gasteiger partial charge in [0.2, 0.25) is 0 Å². The van der Waals surface area contributed by atoms with Gasteiger partial charge in [-0.3, -0.25) is 0 Å². The van der Waals surface area contributed by atoms with Gasteiger partial charge in [-0.05, 0) is 86.8 Å². The molecule has 2 aromatic rings. The molecule has 2 unspecified atom stereocenters. The normalized spacial score (nSPS) is 14.1. The molecule has 1 fully saturated rings. The molecule has 0 radical (unpaired) electrons. The Hall–Kier alpha value is -2.01. The molecule has 25 heteroatoms. The molecule has 1 aliphatic rings. The van der Waals surface area contributed by atoms with E-state index >= 15 is 0 Å². The fraction of sp³-hybridized carbons (Fsp3) is 0.818. The van der Waals surface area contributed by atoms with E-state index in [4.69, 9.17) is 77.8 Å². The van der Waals surface area contributed by atoms with Crippen LogP contribution in [0.5, 0.6) is 11.5 Å². The van der Waals surface area contributed by atoms with Gasteiger partial charge in [0.1, 0.15) is 24.7 Å². The second-order valence-electron chi connectivity index (χ2n) is 21.9. The van der Waals surface area contributed by atoms with Gasteiger partial charge in [0.25, 0.3) is 0 Å². The van der Waals surface area contributed by atoms with Crippen molar-refractivity contribution in [2.45, 2.75) is 167 Å². The van der Waals surface area contributed by atoms with Crippen molar-refractivity contribution >= 4 is 20.2 Å². The molecule has 3 rings (SSSR count). The largest absolute Gasteiger partial charge is 4.00 e. The summed E-state index contributed by atoms with van der Waals surface area (Å²) < 4.78 is 139. The topological polar surface area (TPSA) is 296 Å². The van der Waals surface area contributed by atoms with Crippen LogP contribution in [0, 0.1) is 0 Å². The molecule has 2 atom stereocenters. The Morgan fingerprint density at radius 2 is 0.549 bits per heavy atom. The maximum absolute atomic E-state index is 10.4. The first-order valence-corrected chi connectivity index (χ1v) is 36.7. The average molecular weight is 1520 g/mol. The fourth-order valence-corrected chi connectivity index (χ4v) is 9.72. The van der Waals surface area contributed by atoms with Crippen molar-refractivity contribution in [2.75, 3.05) is 183 Å². The van der Waals surface area contributed by atoms with Crippen molar-refractivity contribution in [3.63, 3.8) is 0 Å². The van der Waals surface area contributed by atoms with Crippen molar-refractivity contribution in [2.24, 2.45) is 11.5 Å². The predicted octanol–water partition coefficient (Wildman–Crippen LogP) is 9.00. The Labute approximate surface area is 563 Å². The van der Waals surface area contributed by atoms with Gasteiger partial charge < -0.3 is 86.9 Å². The van der Waals surface area contributed by atoms with E-state index in [0.717, 1.165) is 37.2 Å². The summed E-state index contributed by atoms with van der Waals surface area (Å²) in [6.07, 6.45) is 26.1. The van der Waals surface area contributed by atoms with Gasteiger partial charge in [0, 0.05) is 36.8 Å². The Balaban J connectivity index is 0.00000156. The summed E-state index contributed by atoms with van der Waals surface area (Å²) in [6, 6.07) is 17.4. The molecule has 534 valence electrons. The first-order chi connectivity index (χ1) is 43.8. The monoisotopic (exact) mass is 1520 g/mol. The van der Waals surface area contributed by atoms with Gasteiger partial charge in [-0.2, -0.15) is 0 Å². The summed E-state index contributed by atoms with van der Waals surface area (Å²) in [4.78, 5) is 0. The van der Waals surface area contributed by atoms with E-state index in [2.05, 4.69) is 38.1 Å². The van der Waals surface area contributed by atoms with Crippen LogP contribution in [-0.4, -0.2) is 221 Å². The zero-order valence-corrected chi connectivity index (χ0v) is 59.5. The van der Waals surface area contributed by atoms with Crippen LogP contribution in [0.2, 0.25) is 0 Å². The molecular weight excluding hydrogens is 1400 g/mol. The van der Waals surface area contributed by atoms with E-state index in [-0.39, 0.29) is 59.2 Å². The van der Waals surface area contributed by atoms with Crippen LogP contribution in [0.15, 0.2) is 48.5 Å². The first-order valence-electron chi connectivity index (χ1n) is 33.6. The van der Waals surface area contributed by atoms with Crippen LogP contribution in [0.25, 0.3) is 0 Å². The molecule has 0 aliphatic heterocycles. The van der Waals surface area contributed by atoms with Crippen molar-refractivity contribution in [1.82, 2.24) is 0 Å². The zero-order valence-electron chi connectivity index (χ0n) is 55.6. The van der Waals surface area contributed by atoms with Crippen molar-refractivity contribution in [1.29, 1.82) is 0 Å². The number of benzene rings is 2. The van der Waals surface area contributed by atoms with Gasteiger partial charge >= 0.3 is 21.1 Å². The molecule has 2 aromatic carbocycles. The van der Waals surface area contributed by atoms with Gasteiger partial charge in [0.15, 0.2) is 0 Å². The average Bonchev–Trinajstić information content (AvgIpc) is 3.17. The summed E-state index contributed by atoms with van der Waals surface area (Å²) in [5.74, 6) is 0.934. The number of aryl methyl sites for hydroxylation is 2. The maximum atomic E-state index is 10.4. The third-order valence-corrected chi connectivity index (χ3v) is 15.5.